The predicted octanol–water partition coefficient (Wildman–Crippen LogP) is 1.12. The smallest absolute Gasteiger partial charge is 0.238 e. The van der Waals surface area contributed by atoms with Gasteiger partial charge in [-0.05, 0) is 24.9 Å². The zero-order chi connectivity index (χ0) is 15.1. The van der Waals surface area contributed by atoms with Crippen LogP contribution in [0.15, 0.2) is 30.3 Å². The number of terminal acetylenes is 1. The molecule has 1 aromatic rings. The summed E-state index contributed by atoms with van der Waals surface area (Å²) in [5, 5.41) is 3.02. The molecule has 21 heavy (non-hydrogen) atoms. The number of hydrogen-bond acceptors (Lipinski definition) is 3. The van der Waals surface area contributed by atoms with E-state index >= 15 is 0 Å². The Labute approximate surface area is 126 Å². The first-order valence-electron chi connectivity index (χ1n) is 7.44. The maximum Gasteiger partial charge on any atom is 0.238 e. The van der Waals surface area contributed by atoms with Gasteiger partial charge >= 0.3 is 0 Å². The van der Waals surface area contributed by atoms with Crippen LogP contribution in [0.3, 0.4) is 0 Å². The van der Waals surface area contributed by atoms with E-state index in [4.69, 9.17) is 12.2 Å². The van der Waals surface area contributed by atoms with E-state index in [-0.39, 0.29) is 18.4 Å². The highest BCUT2D eigenvalue weighted by atomic mass is 16.2. The second kappa shape index (κ2) is 7.82. The van der Waals surface area contributed by atoms with Gasteiger partial charge in [-0.25, -0.2) is 0 Å². The zero-order valence-electron chi connectivity index (χ0n) is 12.3. The van der Waals surface area contributed by atoms with Crippen molar-refractivity contribution >= 4 is 5.91 Å². The van der Waals surface area contributed by atoms with Crippen LogP contribution < -0.4 is 11.1 Å². The summed E-state index contributed by atoms with van der Waals surface area (Å²) in [6.07, 6.45) is 7.56. The molecular weight excluding hydrogens is 262 g/mol. The Hall–Kier alpha value is -1.83. The molecule has 2 unspecified atom stereocenters. The minimum absolute atomic E-state index is 0.139. The van der Waals surface area contributed by atoms with Crippen LogP contribution in [0.2, 0.25) is 0 Å². The summed E-state index contributed by atoms with van der Waals surface area (Å²) in [5.74, 6) is 2.29. The molecule has 1 fully saturated rings. The number of nitrogens with one attached hydrogen (secondary N) is 1. The number of nitrogens with zero attached hydrogens (tertiary/aromatic N) is 1. The molecule has 1 amide bonds. The number of piperidine rings is 1. The van der Waals surface area contributed by atoms with Crippen LogP contribution in [-0.2, 0) is 11.3 Å². The first-order chi connectivity index (χ1) is 10.2. The van der Waals surface area contributed by atoms with E-state index in [2.05, 4.69) is 40.4 Å². The van der Waals surface area contributed by atoms with Crippen molar-refractivity contribution < 1.29 is 4.79 Å². The number of amides is 1. The normalized spacial score (nSPS) is 20.5. The molecule has 4 nitrogen and oxygen atoms in total. The van der Waals surface area contributed by atoms with E-state index in [0.717, 1.165) is 32.5 Å². The van der Waals surface area contributed by atoms with Gasteiger partial charge in [0, 0.05) is 25.6 Å². The van der Waals surface area contributed by atoms with Crippen molar-refractivity contribution in [1.82, 2.24) is 10.2 Å². The molecule has 0 aliphatic carbocycles. The summed E-state index contributed by atoms with van der Waals surface area (Å²) >= 11 is 0. The lowest BCUT2D eigenvalue weighted by Crippen LogP contribution is -2.51. The first-order valence-corrected chi connectivity index (χ1v) is 7.44. The monoisotopic (exact) mass is 285 g/mol. The summed E-state index contributed by atoms with van der Waals surface area (Å²) < 4.78 is 0. The van der Waals surface area contributed by atoms with Gasteiger partial charge < -0.3 is 11.1 Å². The molecule has 112 valence electrons. The van der Waals surface area contributed by atoms with Crippen LogP contribution in [0.1, 0.15) is 24.8 Å². The van der Waals surface area contributed by atoms with Gasteiger partial charge in [-0.3, -0.25) is 9.69 Å². The van der Waals surface area contributed by atoms with Crippen molar-refractivity contribution in [2.45, 2.75) is 37.9 Å². The zero-order valence-corrected chi connectivity index (χ0v) is 12.3. The summed E-state index contributed by atoms with van der Waals surface area (Å²) in [6, 6.07) is 9.96. The average molecular weight is 285 g/mol. The number of carbonyl (C=O) groups excluding carboxylic acids is 1. The predicted molar refractivity (Wildman–Crippen MR) is 84.3 cm³/mol. The molecule has 0 bridgehead atoms. The Morgan fingerprint density at radius 1 is 1.48 bits per heavy atom. The number of carbonyl (C=O) groups is 1. The fraction of sp³-hybridized carbons (Fsp3) is 0.471. The summed E-state index contributed by atoms with van der Waals surface area (Å²) in [7, 11) is 0. The molecule has 1 aromatic carbocycles. The average Bonchev–Trinajstić information content (AvgIpc) is 2.49. The molecule has 3 N–H and O–H groups in total. The highest BCUT2D eigenvalue weighted by molar-refractivity contribution is 5.82. The van der Waals surface area contributed by atoms with Gasteiger partial charge in [0.1, 0.15) is 0 Å². The Kier molecular flexibility index (Phi) is 5.79. The molecule has 2 rings (SSSR count). The molecule has 1 aliphatic rings. The van der Waals surface area contributed by atoms with Crippen molar-refractivity contribution in [3.8, 4) is 12.3 Å². The van der Waals surface area contributed by atoms with Crippen LogP contribution in [0.25, 0.3) is 0 Å². The third kappa shape index (κ3) is 4.89. The minimum atomic E-state index is -0.598. The summed E-state index contributed by atoms with van der Waals surface area (Å²) in [4.78, 5) is 14.3. The molecule has 0 aromatic heterocycles. The highest BCUT2D eigenvalue weighted by Gasteiger charge is 2.23. The fourth-order valence-corrected chi connectivity index (χ4v) is 2.69. The van der Waals surface area contributed by atoms with E-state index < -0.39 is 6.04 Å². The molecule has 2 atom stereocenters. The van der Waals surface area contributed by atoms with Gasteiger partial charge in [-0.1, -0.05) is 30.3 Å². The molecule has 0 radical (unpaired) electrons. The Morgan fingerprint density at radius 3 is 2.95 bits per heavy atom. The van der Waals surface area contributed by atoms with Crippen molar-refractivity contribution in [3.05, 3.63) is 35.9 Å². The highest BCUT2D eigenvalue weighted by Crippen LogP contribution is 2.13. The molecule has 1 heterocycles. The van der Waals surface area contributed by atoms with E-state index in [1.807, 2.05) is 6.07 Å². The third-order valence-corrected chi connectivity index (χ3v) is 3.78. The van der Waals surface area contributed by atoms with Gasteiger partial charge in [-0.2, -0.15) is 0 Å². The number of likely N-dealkylation sites (tertiary alicyclic amines) is 1. The molecule has 0 saturated carbocycles. The van der Waals surface area contributed by atoms with Crippen LogP contribution in [0.5, 0.6) is 0 Å². The fourth-order valence-electron chi connectivity index (χ4n) is 2.69. The van der Waals surface area contributed by atoms with Crippen molar-refractivity contribution in [2.24, 2.45) is 5.73 Å². The number of rotatable bonds is 5. The Balaban J connectivity index is 1.83. The lowest BCUT2D eigenvalue weighted by molar-refractivity contribution is -0.123. The van der Waals surface area contributed by atoms with Crippen LogP contribution in [0.4, 0.5) is 0 Å². The second-order valence-electron chi connectivity index (χ2n) is 5.58. The van der Waals surface area contributed by atoms with Gasteiger partial charge in [-0.15, -0.1) is 12.3 Å². The first kappa shape index (κ1) is 15.6. The lowest BCUT2D eigenvalue weighted by atomic mass is 10.0. The van der Waals surface area contributed by atoms with E-state index in [9.17, 15) is 4.79 Å². The van der Waals surface area contributed by atoms with Gasteiger partial charge in [0.2, 0.25) is 5.91 Å². The van der Waals surface area contributed by atoms with Crippen LogP contribution >= 0.6 is 0 Å². The maximum absolute atomic E-state index is 11.9. The quantitative estimate of drug-likeness (QED) is 0.797. The molecule has 1 saturated heterocycles. The SMILES string of the molecule is C#CCC(N)C(=O)NC1CCCN(Cc2ccccc2)C1. The minimum Gasteiger partial charge on any atom is -0.351 e. The molecule has 1 aliphatic heterocycles. The Bertz CT molecular complexity index is 495. The van der Waals surface area contributed by atoms with Gasteiger partial charge in [0.25, 0.3) is 0 Å². The number of hydrogen-bond donors (Lipinski definition) is 2. The number of nitrogens with two attached hydrogens (primary N) is 1. The molecular formula is C17H23N3O. The lowest BCUT2D eigenvalue weighted by Gasteiger charge is -2.33. The van der Waals surface area contributed by atoms with E-state index in [0.29, 0.717) is 0 Å². The summed E-state index contributed by atoms with van der Waals surface area (Å²) in [5.41, 5.74) is 7.03. The Morgan fingerprint density at radius 2 is 2.24 bits per heavy atom. The number of benzene rings is 1. The van der Waals surface area contributed by atoms with Gasteiger partial charge in [0.15, 0.2) is 0 Å². The molecule has 0 spiro atoms. The topological polar surface area (TPSA) is 58.4 Å². The van der Waals surface area contributed by atoms with E-state index in [1.54, 1.807) is 0 Å². The molecule has 4 heteroatoms. The van der Waals surface area contributed by atoms with Crippen molar-refractivity contribution in [3.63, 3.8) is 0 Å². The van der Waals surface area contributed by atoms with Crippen LogP contribution in [0, 0.1) is 12.3 Å². The standard InChI is InChI=1S/C17H23N3O/c1-2-7-16(18)17(21)19-15-10-6-11-20(13-15)12-14-8-4-3-5-9-14/h1,3-5,8-9,15-16H,6-7,10-13,18H2,(H,19,21). The third-order valence-electron chi connectivity index (χ3n) is 3.78. The van der Waals surface area contributed by atoms with E-state index in [1.165, 1.54) is 5.56 Å². The van der Waals surface area contributed by atoms with Crippen molar-refractivity contribution in [1.29, 1.82) is 0 Å². The van der Waals surface area contributed by atoms with Crippen LogP contribution in [-0.4, -0.2) is 36.0 Å². The van der Waals surface area contributed by atoms with Gasteiger partial charge in [0.05, 0.1) is 6.04 Å². The maximum atomic E-state index is 11.9. The largest absolute Gasteiger partial charge is 0.351 e. The second-order valence-corrected chi connectivity index (χ2v) is 5.58. The summed E-state index contributed by atoms with van der Waals surface area (Å²) in [6.45, 7) is 2.85. The van der Waals surface area contributed by atoms with Crippen molar-refractivity contribution in [2.75, 3.05) is 13.1 Å².